The van der Waals surface area contributed by atoms with Gasteiger partial charge in [-0.2, -0.15) is 0 Å². The molecule has 0 bridgehead atoms. The summed E-state index contributed by atoms with van der Waals surface area (Å²) >= 11 is 0. The first-order valence-electron chi connectivity index (χ1n) is 44.9. The van der Waals surface area contributed by atoms with Crippen LogP contribution in [0.3, 0.4) is 0 Å². The Bertz CT molecular complexity index is 1640. The highest BCUT2D eigenvalue weighted by atomic mass is 16.5. The Kier molecular flexibility index (Phi) is 85.3. The van der Waals surface area contributed by atoms with Crippen LogP contribution in [0.5, 0.6) is 0 Å². The fourth-order valence-electron chi connectivity index (χ4n) is 14.3. The van der Waals surface area contributed by atoms with Gasteiger partial charge >= 0.3 is 5.97 Å². The smallest absolute Gasteiger partial charge is 0.305 e. The van der Waals surface area contributed by atoms with E-state index in [4.69, 9.17) is 4.74 Å². The lowest BCUT2D eigenvalue weighted by Gasteiger charge is -2.20. The third kappa shape index (κ3) is 82.8. The van der Waals surface area contributed by atoms with E-state index in [0.29, 0.717) is 19.4 Å². The van der Waals surface area contributed by atoms with Crippen LogP contribution in [0.15, 0.2) is 48.6 Å². The molecule has 0 spiro atoms. The number of aliphatic hydroxyl groups excluding tert-OH is 2. The Balaban J connectivity index is 3.35. The van der Waals surface area contributed by atoms with E-state index in [0.717, 1.165) is 51.4 Å². The largest absolute Gasteiger partial charge is 0.466 e. The molecule has 98 heavy (non-hydrogen) atoms. The third-order valence-electron chi connectivity index (χ3n) is 21.1. The first-order valence-corrected chi connectivity index (χ1v) is 44.9. The van der Waals surface area contributed by atoms with Crippen LogP contribution in [0.2, 0.25) is 0 Å². The summed E-state index contributed by atoms with van der Waals surface area (Å²) in [6, 6.07) is -0.627. The maximum atomic E-state index is 12.6. The molecule has 1 amide bonds. The molecule has 0 aromatic carbocycles. The topological polar surface area (TPSA) is 95.9 Å². The summed E-state index contributed by atoms with van der Waals surface area (Å²) in [5.41, 5.74) is 0. The SMILES string of the molecule is CCCCC/C=C\C/C=C\CCCCCCCCCCCC(=O)OCCCCCCCCCCCCCCCCCC/C=C\CCCCCCCCCCCCCCCCCCCC(=O)NC(CO)C(O)/C=C/CCCCCCCCCCCCCCCCCCCCCCCCC. The summed E-state index contributed by atoms with van der Waals surface area (Å²) in [7, 11) is 0. The number of aliphatic hydroxyl groups is 2. The van der Waals surface area contributed by atoms with Gasteiger partial charge in [-0.25, -0.2) is 0 Å². The van der Waals surface area contributed by atoms with Gasteiger partial charge < -0.3 is 20.3 Å². The van der Waals surface area contributed by atoms with Crippen molar-refractivity contribution in [1.82, 2.24) is 5.32 Å². The first kappa shape index (κ1) is 95.8. The molecule has 3 N–H and O–H groups in total. The number of hydrogen-bond donors (Lipinski definition) is 3. The lowest BCUT2D eigenvalue weighted by atomic mass is 10.0. The monoisotopic (exact) mass is 1370 g/mol. The van der Waals surface area contributed by atoms with Gasteiger partial charge in [-0.3, -0.25) is 9.59 Å². The maximum Gasteiger partial charge on any atom is 0.305 e. The second-order valence-electron chi connectivity index (χ2n) is 30.9. The summed E-state index contributed by atoms with van der Waals surface area (Å²) < 4.78 is 5.52. The zero-order valence-corrected chi connectivity index (χ0v) is 66.5. The lowest BCUT2D eigenvalue weighted by Crippen LogP contribution is -2.45. The maximum absolute atomic E-state index is 12.6. The molecule has 2 unspecified atom stereocenters. The molecule has 0 aliphatic rings. The van der Waals surface area contributed by atoms with Gasteiger partial charge in [0.05, 0.1) is 25.4 Å². The van der Waals surface area contributed by atoms with Gasteiger partial charge in [0.2, 0.25) is 5.91 Å². The average molecular weight is 1380 g/mol. The second-order valence-corrected chi connectivity index (χ2v) is 30.9. The van der Waals surface area contributed by atoms with Crippen molar-refractivity contribution in [2.24, 2.45) is 0 Å². The Hall–Kier alpha value is -2.18. The van der Waals surface area contributed by atoms with Crippen molar-refractivity contribution in [3.05, 3.63) is 48.6 Å². The van der Waals surface area contributed by atoms with Crippen molar-refractivity contribution >= 4 is 11.9 Å². The number of nitrogens with one attached hydrogen (secondary N) is 1. The van der Waals surface area contributed by atoms with Crippen LogP contribution in [0, 0.1) is 0 Å². The fraction of sp³-hybridized carbons (Fsp3) is 0.891. The molecule has 0 rings (SSSR count). The number of hydrogen-bond acceptors (Lipinski definition) is 5. The van der Waals surface area contributed by atoms with Gasteiger partial charge in [-0.1, -0.05) is 448 Å². The standard InChI is InChI=1S/C92H175NO5/c1-3-5-7-9-11-13-15-17-19-21-23-24-25-39-42-45-49-52-56-60-64-68-72-76-80-84-90(95)89(88-94)93-91(96)85-81-77-73-69-65-61-57-53-50-46-43-40-37-35-33-31-29-27-26-28-30-32-34-36-38-41-44-47-51-55-59-63-67-71-75-79-83-87-98-92(97)86-82-78-74-70-66-62-58-54-48-22-20-18-16-14-12-10-8-6-4-2/h12,14,18,20,26,28,80,84,89-90,94-95H,3-11,13,15-17,19,21-25,27,29-79,81-83,85-88H2,1-2H3,(H,93,96)/b14-12-,20-18-,28-26-,84-80+. The van der Waals surface area contributed by atoms with E-state index < -0.39 is 12.1 Å². The minimum absolute atomic E-state index is 0.0183. The number of amides is 1. The van der Waals surface area contributed by atoms with E-state index in [1.807, 2.05) is 6.08 Å². The second kappa shape index (κ2) is 87.2. The van der Waals surface area contributed by atoms with Crippen LogP contribution >= 0.6 is 0 Å². The van der Waals surface area contributed by atoms with Crippen LogP contribution in [0.4, 0.5) is 0 Å². The van der Waals surface area contributed by atoms with Gasteiger partial charge in [0.25, 0.3) is 0 Å². The molecule has 0 aliphatic carbocycles. The van der Waals surface area contributed by atoms with Crippen molar-refractivity contribution in [3.8, 4) is 0 Å². The predicted octanol–water partition coefficient (Wildman–Crippen LogP) is 30.3. The van der Waals surface area contributed by atoms with Crippen molar-refractivity contribution in [2.45, 2.75) is 514 Å². The van der Waals surface area contributed by atoms with Crippen molar-refractivity contribution in [2.75, 3.05) is 13.2 Å². The van der Waals surface area contributed by atoms with Gasteiger partial charge in [0.1, 0.15) is 0 Å². The van der Waals surface area contributed by atoms with Gasteiger partial charge in [-0.15, -0.1) is 0 Å². The molecule has 0 aromatic heterocycles. The molecule has 0 saturated heterocycles. The quantitative estimate of drug-likeness (QED) is 0.0320. The van der Waals surface area contributed by atoms with E-state index in [-0.39, 0.29) is 18.5 Å². The summed E-state index contributed by atoms with van der Waals surface area (Å²) in [4.78, 5) is 24.7. The number of esters is 1. The predicted molar refractivity (Wildman–Crippen MR) is 435 cm³/mol. The van der Waals surface area contributed by atoms with E-state index >= 15 is 0 Å². The van der Waals surface area contributed by atoms with Crippen LogP contribution < -0.4 is 5.32 Å². The molecule has 0 fully saturated rings. The Morgan fingerprint density at radius 3 is 0.806 bits per heavy atom. The third-order valence-corrected chi connectivity index (χ3v) is 21.1. The average Bonchev–Trinajstić information content (AvgIpc) is 1.77. The normalized spacial score (nSPS) is 12.7. The number of allylic oxidation sites excluding steroid dienone is 7. The Labute approximate surface area is 614 Å². The van der Waals surface area contributed by atoms with Gasteiger partial charge in [0, 0.05) is 12.8 Å². The molecule has 0 aromatic rings. The van der Waals surface area contributed by atoms with Crippen LogP contribution in [-0.4, -0.2) is 47.4 Å². The molecule has 0 aliphatic heterocycles. The van der Waals surface area contributed by atoms with Gasteiger partial charge in [-0.05, 0) is 89.9 Å². The summed E-state index contributed by atoms with van der Waals surface area (Å²) in [6.45, 7) is 4.94. The highest BCUT2D eigenvalue weighted by molar-refractivity contribution is 5.76. The molecular formula is C92H175NO5. The summed E-state index contributed by atoms with van der Waals surface area (Å²) in [6.07, 6.45) is 117. The number of ether oxygens (including phenoxy) is 1. The van der Waals surface area contributed by atoms with Crippen LogP contribution in [0.1, 0.15) is 502 Å². The van der Waals surface area contributed by atoms with Crippen molar-refractivity contribution in [1.29, 1.82) is 0 Å². The van der Waals surface area contributed by atoms with Crippen LogP contribution in [-0.2, 0) is 14.3 Å². The molecule has 6 nitrogen and oxygen atoms in total. The lowest BCUT2D eigenvalue weighted by molar-refractivity contribution is -0.143. The fourth-order valence-corrected chi connectivity index (χ4v) is 14.3. The van der Waals surface area contributed by atoms with E-state index in [1.54, 1.807) is 6.08 Å². The Morgan fingerprint density at radius 1 is 0.286 bits per heavy atom. The highest BCUT2D eigenvalue weighted by Crippen LogP contribution is 2.21. The minimum Gasteiger partial charge on any atom is -0.466 e. The minimum atomic E-state index is -0.844. The summed E-state index contributed by atoms with van der Waals surface area (Å²) in [5.74, 6) is -0.0401. The van der Waals surface area contributed by atoms with Gasteiger partial charge in [0.15, 0.2) is 0 Å². The number of rotatable bonds is 85. The van der Waals surface area contributed by atoms with E-state index in [9.17, 15) is 19.8 Å². The van der Waals surface area contributed by atoms with Crippen molar-refractivity contribution in [3.63, 3.8) is 0 Å². The Morgan fingerprint density at radius 2 is 0.510 bits per heavy atom. The molecule has 0 saturated carbocycles. The molecular weight excluding hydrogens is 1200 g/mol. The zero-order valence-electron chi connectivity index (χ0n) is 66.5. The number of carbonyl (C=O) groups is 2. The number of carbonyl (C=O) groups excluding carboxylic acids is 2. The first-order chi connectivity index (χ1) is 48.5. The molecule has 6 heteroatoms. The highest BCUT2D eigenvalue weighted by Gasteiger charge is 2.18. The van der Waals surface area contributed by atoms with E-state index in [1.165, 1.54) is 424 Å². The van der Waals surface area contributed by atoms with Crippen LogP contribution in [0.25, 0.3) is 0 Å². The molecule has 0 heterocycles. The molecule has 578 valence electrons. The molecule has 0 radical (unpaired) electrons. The summed E-state index contributed by atoms with van der Waals surface area (Å²) in [5, 5.41) is 23.4. The zero-order chi connectivity index (χ0) is 70.5. The number of unbranched alkanes of at least 4 members (excludes halogenated alkanes) is 68. The van der Waals surface area contributed by atoms with E-state index in [2.05, 4.69) is 55.6 Å². The molecule has 2 atom stereocenters. The van der Waals surface area contributed by atoms with Crippen molar-refractivity contribution < 1.29 is 24.5 Å².